The molecule has 9 rings (SSSR count). The van der Waals surface area contributed by atoms with Gasteiger partial charge in [0.25, 0.3) is 0 Å². The molecule has 3 heteroatoms. The molecule has 0 aliphatic heterocycles. The van der Waals surface area contributed by atoms with Gasteiger partial charge in [-0.2, -0.15) is 0 Å². The van der Waals surface area contributed by atoms with E-state index in [0.717, 1.165) is 22.5 Å². The summed E-state index contributed by atoms with van der Waals surface area (Å²) < 4.78 is 5.25. The zero-order chi connectivity index (χ0) is 30.8. The van der Waals surface area contributed by atoms with Crippen molar-refractivity contribution in [3.63, 3.8) is 0 Å². The fourth-order valence-corrected chi connectivity index (χ4v) is 9.53. The normalized spacial score (nSPS) is 12.0. The number of benzene rings is 7. The van der Waals surface area contributed by atoms with Crippen molar-refractivity contribution >= 4 is 114 Å². The molecule has 0 aliphatic carbocycles. The lowest BCUT2D eigenvalue weighted by atomic mass is 9.97. The molecule has 0 aliphatic rings. The summed E-state index contributed by atoms with van der Waals surface area (Å²) in [5.74, 6) is 0. The predicted molar refractivity (Wildman–Crippen MR) is 207 cm³/mol. The van der Waals surface area contributed by atoms with Gasteiger partial charge in [-0.1, -0.05) is 110 Å². The average Bonchev–Trinajstić information content (AvgIpc) is 3.68. The van der Waals surface area contributed by atoms with Crippen LogP contribution in [0, 0.1) is 0 Å². The number of thiophene rings is 2. The highest BCUT2D eigenvalue weighted by atomic mass is 32.1. The van der Waals surface area contributed by atoms with Crippen LogP contribution in [-0.4, -0.2) is 0 Å². The molecule has 218 valence electrons. The average molecular weight is 624 g/mol. The van der Waals surface area contributed by atoms with E-state index in [1.54, 1.807) is 0 Å². The van der Waals surface area contributed by atoms with Crippen LogP contribution < -0.4 is 4.90 Å². The molecule has 2 heterocycles. The van der Waals surface area contributed by atoms with Crippen LogP contribution in [0.1, 0.15) is 18.1 Å². The maximum Gasteiger partial charge on any atom is 0.0640 e. The van der Waals surface area contributed by atoms with Crippen LogP contribution in [0.4, 0.5) is 17.1 Å². The van der Waals surface area contributed by atoms with Crippen LogP contribution in [0.25, 0.3) is 74.0 Å². The van der Waals surface area contributed by atoms with Gasteiger partial charge in [0.15, 0.2) is 0 Å². The highest BCUT2D eigenvalue weighted by Gasteiger charge is 2.21. The van der Waals surface area contributed by atoms with Gasteiger partial charge in [0, 0.05) is 52.4 Å². The third kappa shape index (κ3) is 4.06. The molecule has 0 fully saturated rings. The molecule has 1 nitrogen and oxygen atoms in total. The maximum atomic E-state index is 4.09. The van der Waals surface area contributed by atoms with Gasteiger partial charge in [-0.05, 0) is 76.7 Å². The molecule has 7 aromatic carbocycles. The third-order valence-electron chi connectivity index (χ3n) is 9.11. The van der Waals surface area contributed by atoms with Crippen molar-refractivity contribution < 1.29 is 0 Å². The van der Waals surface area contributed by atoms with Gasteiger partial charge in [0.2, 0.25) is 0 Å². The van der Waals surface area contributed by atoms with E-state index in [2.05, 4.69) is 158 Å². The summed E-state index contributed by atoms with van der Waals surface area (Å²) in [6, 6.07) is 47.0. The molecular formula is C43H29NS2. The molecule has 0 saturated carbocycles. The predicted octanol–water partition coefficient (Wildman–Crippen LogP) is 13.9. The van der Waals surface area contributed by atoms with Gasteiger partial charge < -0.3 is 4.90 Å². The Balaban J connectivity index is 1.39. The standard InChI is InChI=1S/C43H29NS2/c1-3-12-28-25-29(22-21-27(28)4-2)44(30-23-24-40-37(26-30)33-15-9-10-20-39(33)45-40)38-19-11-18-36-41-34-16-7-5-13-31(34)32-14-6-8-17-35(32)43(41)46-42(36)38/h3-26H,2H2,1H3/b12-3-. The van der Waals surface area contributed by atoms with Crippen LogP contribution in [0.2, 0.25) is 0 Å². The smallest absolute Gasteiger partial charge is 0.0640 e. The number of hydrogen-bond donors (Lipinski definition) is 0. The molecule has 0 unspecified atom stereocenters. The molecule has 0 radical (unpaired) electrons. The van der Waals surface area contributed by atoms with Gasteiger partial charge in [-0.15, -0.1) is 22.7 Å². The number of rotatable bonds is 5. The molecule has 0 atom stereocenters. The Morgan fingerprint density at radius 2 is 1.17 bits per heavy atom. The molecular weight excluding hydrogens is 595 g/mol. The van der Waals surface area contributed by atoms with E-state index < -0.39 is 0 Å². The first-order valence-corrected chi connectivity index (χ1v) is 17.2. The minimum absolute atomic E-state index is 1.12. The van der Waals surface area contributed by atoms with Crippen molar-refractivity contribution in [3.8, 4) is 0 Å². The summed E-state index contributed by atoms with van der Waals surface area (Å²) in [4.78, 5) is 2.45. The van der Waals surface area contributed by atoms with Gasteiger partial charge in [-0.3, -0.25) is 0 Å². The van der Waals surface area contributed by atoms with E-state index in [0.29, 0.717) is 0 Å². The monoisotopic (exact) mass is 623 g/mol. The van der Waals surface area contributed by atoms with Gasteiger partial charge in [0.1, 0.15) is 0 Å². The first-order valence-electron chi connectivity index (χ1n) is 15.6. The zero-order valence-electron chi connectivity index (χ0n) is 25.3. The Bertz CT molecular complexity index is 2690. The molecule has 0 bridgehead atoms. The molecule has 9 aromatic rings. The Labute approximate surface area is 275 Å². The largest absolute Gasteiger partial charge is 0.309 e. The summed E-state index contributed by atoms with van der Waals surface area (Å²) in [5, 5.41) is 10.5. The van der Waals surface area contributed by atoms with E-state index in [9.17, 15) is 0 Å². The molecule has 0 spiro atoms. The molecule has 0 saturated heterocycles. The lowest BCUT2D eigenvalue weighted by molar-refractivity contribution is 1.30. The topological polar surface area (TPSA) is 3.24 Å². The van der Waals surface area contributed by atoms with Crippen LogP contribution in [0.15, 0.2) is 140 Å². The first-order chi connectivity index (χ1) is 22.7. The van der Waals surface area contributed by atoms with Crippen molar-refractivity contribution in [2.75, 3.05) is 4.90 Å². The summed E-state index contributed by atoms with van der Waals surface area (Å²) in [6.45, 7) is 6.16. The van der Waals surface area contributed by atoms with Crippen molar-refractivity contribution in [1.29, 1.82) is 0 Å². The number of hydrogen-bond acceptors (Lipinski definition) is 3. The maximum absolute atomic E-state index is 4.09. The van der Waals surface area contributed by atoms with Gasteiger partial charge in [-0.25, -0.2) is 0 Å². The second kappa shape index (κ2) is 10.7. The minimum atomic E-state index is 1.12. The summed E-state index contributed by atoms with van der Waals surface area (Å²) in [7, 11) is 0. The summed E-state index contributed by atoms with van der Waals surface area (Å²) >= 11 is 3.77. The van der Waals surface area contributed by atoms with E-state index in [1.165, 1.54) is 67.6 Å². The highest BCUT2D eigenvalue weighted by molar-refractivity contribution is 7.27. The summed E-state index contributed by atoms with van der Waals surface area (Å²) in [5.41, 5.74) is 5.73. The van der Waals surface area contributed by atoms with Crippen molar-refractivity contribution in [2.45, 2.75) is 6.92 Å². The van der Waals surface area contributed by atoms with E-state index in [-0.39, 0.29) is 0 Å². The highest BCUT2D eigenvalue weighted by Crippen LogP contribution is 2.49. The van der Waals surface area contributed by atoms with Crippen LogP contribution in [0.3, 0.4) is 0 Å². The third-order valence-corrected chi connectivity index (χ3v) is 11.5. The minimum Gasteiger partial charge on any atom is -0.309 e. The van der Waals surface area contributed by atoms with E-state index in [1.807, 2.05) is 28.7 Å². The Morgan fingerprint density at radius 3 is 1.98 bits per heavy atom. The Kier molecular flexibility index (Phi) is 6.31. The molecule has 0 N–H and O–H groups in total. The second-order valence-corrected chi connectivity index (χ2v) is 13.8. The molecule has 2 aromatic heterocycles. The number of anilines is 3. The van der Waals surface area contributed by atoms with Crippen LogP contribution in [0.5, 0.6) is 0 Å². The van der Waals surface area contributed by atoms with Crippen molar-refractivity contribution in [2.24, 2.45) is 0 Å². The van der Waals surface area contributed by atoms with E-state index in [4.69, 9.17) is 0 Å². The van der Waals surface area contributed by atoms with Crippen LogP contribution >= 0.6 is 22.7 Å². The molecule has 46 heavy (non-hydrogen) atoms. The Morgan fingerprint density at radius 1 is 0.522 bits per heavy atom. The lowest BCUT2D eigenvalue weighted by Gasteiger charge is -2.27. The quantitative estimate of drug-likeness (QED) is 0.172. The molecule has 0 amide bonds. The lowest BCUT2D eigenvalue weighted by Crippen LogP contribution is -2.10. The number of allylic oxidation sites excluding steroid dienone is 1. The number of fused-ring (bicyclic) bond motifs is 11. The fourth-order valence-electron chi connectivity index (χ4n) is 7.08. The van der Waals surface area contributed by atoms with E-state index >= 15 is 0 Å². The SMILES string of the molecule is C=Cc1ccc(N(c2ccc3sc4ccccc4c3c2)c2cccc3c2sc2c4ccccc4c4ccccc4c32)cc1/C=C\C. The second-order valence-electron chi connectivity index (χ2n) is 11.7. The fraction of sp³-hybridized carbons (Fsp3) is 0.0233. The van der Waals surface area contributed by atoms with Gasteiger partial charge >= 0.3 is 0 Å². The van der Waals surface area contributed by atoms with Crippen molar-refractivity contribution in [3.05, 3.63) is 151 Å². The first kappa shape index (κ1) is 27.1. The zero-order valence-corrected chi connectivity index (χ0v) is 27.0. The Hall–Kier alpha value is -5.22. The van der Waals surface area contributed by atoms with Crippen LogP contribution in [-0.2, 0) is 0 Å². The number of nitrogens with zero attached hydrogens (tertiary/aromatic N) is 1. The van der Waals surface area contributed by atoms with Gasteiger partial charge in [0.05, 0.1) is 10.4 Å². The van der Waals surface area contributed by atoms with Crippen molar-refractivity contribution in [1.82, 2.24) is 0 Å². The summed E-state index contributed by atoms with van der Waals surface area (Å²) in [6.07, 6.45) is 6.21.